The van der Waals surface area contributed by atoms with Gasteiger partial charge in [-0.05, 0) is 38.5 Å². The standard InChI is InChI=1S/C19H25N3O5/c1-19(2,3)22-11-13(10-20-22)18(25)21-14(9-17(23)24)12-6-7-15(26-4)16(8-12)27-5/h6-8,10-11,14H,9H2,1-5H3,(H,21,25)(H,23,24). The van der Waals surface area contributed by atoms with E-state index < -0.39 is 17.9 Å². The lowest BCUT2D eigenvalue weighted by atomic mass is 10.0. The zero-order valence-corrected chi connectivity index (χ0v) is 16.1. The fourth-order valence-corrected chi connectivity index (χ4v) is 2.54. The number of aliphatic carboxylic acids is 1. The van der Waals surface area contributed by atoms with Gasteiger partial charge in [-0.25, -0.2) is 0 Å². The van der Waals surface area contributed by atoms with E-state index in [1.807, 2.05) is 20.8 Å². The molecule has 0 aliphatic rings. The second-order valence-electron chi connectivity index (χ2n) is 7.08. The number of aromatic nitrogens is 2. The van der Waals surface area contributed by atoms with Crippen LogP contribution in [-0.2, 0) is 10.3 Å². The smallest absolute Gasteiger partial charge is 0.305 e. The summed E-state index contributed by atoms with van der Waals surface area (Å²) in [6.07, 6.45) is 2.84. The highest BCUT2D eigenvalue weighted by atomic mass is 16.5. The summed E-state index contributed by atoms with van der Waals surface area (Å²) in [6, 6.07) is 4.30. The van der Waals surface area contributed by atoms with Crippen molar-refractivity contribution in [2.24, 2.45) is 0 Å². The largest absolute Gasteiger partial charge is 0.493 e. The number of nitrogens with zero attached hydrogens (tertiary/aromatic N) is 2. The minimum absolute atomic E-state index is 0.262. The second kappa shape index (κ2) is 8.11. The van der Waals surface area contributed by atoms with Crippen LogP contribution in [0, 0.1) is 0 Å². The summed E-state index contributed by atoms with van der Waals surface area (Å²) in [4.78, 5) is 23.9. The van der Waals surface area contributed by atoms with Crippen LogP contribution in [0.15, 0.2) is 30.6 Å². The highest BCUT2D eigenvalue weighted by molar-refractivity contribution is 5.94. The lowest BCUT2D eigenvalue weighted by molar-refractivity contribution is -0.137. The Hall–Kier alpha value is -3.03. The molecular weight excluding hydrogens is 350 g/mol. The summed E-state index contributed by atoms with van der Waals surface area (Å²) in [5.41, 5.74) is 0.704. The first-order chi connectivity index (χ1) is 12.7. The van der Waals surface area contributed by atoms with E-state index in [9.17, 15) is 14.7 Å². The topological polar surface area (TPSA) is 103 Å². The molecule has 27 heavy (non-hydrogen) atoms. The molecule has 0 saturated carbocycles. The van der Waals surface area contributed by atoms with Crippen LogP contribution in [0.5, 0.6) is 11.5 Å². The summed E-state index contributed by atoms with van der Waals surface area (Å²) < 4.78 is 12.1. The van der Waals surface area contributed by atoms with Gasteiger partial charge in [0, 0.05) is 6.20 Å². The predicted molar refractivity (Wildman–Crippen MR) is 99.2 cm³/mol. The molecule has 0 radical (unpaired) electrons. The number of carbonyl (C=O) groups is 2. The van der Waals surface area contributed by atoms with Crippen LogP contribution >= 0.6 is 0 Å². The van der Waals surface area contributed by atoms with Gasteiger partial charge >= 0.3 is 5.97 Å². The van der Waals surface area contributed by atoms with E-state index in [1.165, 1.54) is 20.4 Å². The molecule has 1 aromatic carbocycles. The average Bonchev–Trinajstić information content (AvgIpc) is 3.10. The molecule has 8 heteroatoms. The first-order valence-corrected chi connectivity index (χ1v) is 8.45. The first-order valence-electron chi connectivity index (χ1n) is 8.45. The molecule has 1 aromatic heterocycles. The molecular formula is C19H25N3O5. The summed E-state index contributed by atoms with van der Waals surface area (Å²) in [7, 11) is 3.01. The maximum Gasteiger partial charge on any atom is 0.305 e. The van der Waals surface area contributed by atoms with Gasteiger partial charge in [0.05, 0.1) is 44.0 Å². The zero-order valence-electron chi connectivity index (χ0n) is 16.1. The van der Waals surface area contributed by atoms with E-state index in [0.29, 0.717) is 22.6 Å². The number of benzene rings is 1. The van der Waals surface area contributed by atoms with Crippen molar-refractivity contribution in [1.29, 1.82) is 0 Å². The van der Waals surface area contributed by atoms with Gasteiger partial charge in [0.1, 0.15) is 0 Å². The number of carboxylic acids is 1. The van der Waals surface area contributed by atoms with Crippen molar-refractivity contribution in [2.45, 2.75) is 38.8 Å². The molecule has 0 fully saturated rings. The Morgan fingerprint density at radius 1 is 1.22 bits per heavy atom. The van der Waals surface area contributed by atoms with Gasteiger partial charge in [-0.1, -0.05) is 6.07 Å². The van der Waals surface area contributed by atoms with Crippen molar-refractivity contribution in [3.63, 3.8) is 0 Å². The lowest BCUT2D eigenvalue weighted by Crippen LogP contribution is -2.30. The van der Waals surface area contributed by atoms with Gasteiger partial charge in [-0.15, -0.1) is 0 Å². The van der Waals surface area contributed by atoms with Crippen molar-refractivity contribution in [2.75, 3.05) is 14.2 Å². The number of carboxylic acid groups (broad SMARTS) is 1. The van der Waals surface area contributed by atoms with Crippen molar-refractivity contribution >= 4 is 11.9 Å². The number of amides is 1. The lowest BCUT2D eigenvalue weighted by Gasteiger charge is -2.19. The second-order valence-corrected chi connectivity index (χ2v) is 7.08. The number of hydrogen-bond donors (Lipinski definition) is 2. The molecule has 2 N–H and O–H groups in total. The van der Waals surface area contributed by atoms with E-state index in [-0.39, 0.29) is 12.0 Å². The van der Waals surface area contributed by atoms with Gasteiger partial charge in [0.15, 0.2) is 11.5 Å². The van der Waals surface area contributed by atoms with Gasteiger partial charge in [0.25, 0.3) is 5.91 Å². The minimum Gasteiger partial charge on any atom is -0.493 e. The zero-order chi connectivity index (χ0) is 20.2. The van der Waals surface area contributed by atoms with Crippen LogP contribution in [0.3, 0.4) is 0 Å². The molecule has 1 unspecified atom stereocenters. The summed E-state index contributed by atoms with van der Waals surface area (Å²) in [5, 5.41) is 16.2. The van der Waals surface area contributed by atoms with E-state index in [4.69, 9.17) is 9.47 Å². The number of nitrogens with one attached hydrogen (secondary N) is 1. The molecule has 0 aliphatic heterocycles. The van der Waals surface area contributed by atoms with E-state index in [1.54, 1.807) is 29.1 Å². The molecule has 1 heterocycles. The molecule has 2 rings (SSSR count). The predicted octanol–water partition coefficient (Wildman–Crippen LogP) is 2.60. The normalized spacial score (nSPS) is 12.3. The van der Waals surface area contributed by atoms with Crippen LogP contribution in [0.2, 0.25) is 0 Å². The molecule has 0 bridgehead atoms. The third kappa shape index (κ3) is 4.99. The Morgan fingerprint density at radius 2 is 1.89 bits per heavy atom. The Bertz CT molecular complexity index is 823. The minimum atomic E-state index is -1.03. The monoisotopic (exact) mass is 375 g/mol. The number of methoxy groups -OCH3 is 2. The van der Waals surface area contributed by atoms with Crippen molar-refractivity contribution in [3.8, 4) is 11.5 Å². The van der Waals surface area contributed by atoms with E-state index >= 15 is 0 Å². The maximum atomic E-state index is 12.6. The SMILES string of the molecule is COc1ccc(C(CC(=O)O)NC(=O)c2cnn(C(C)(C)C)c2)cc1OC. The molecule has 0 saturated heterocycles. The van der Waals surface area contributed by atoms with Crippen LogP contribution in [-0.4, -0.2) is 41.0 Å². The Balaban J connectivity index is 2.28. The molecule has 8 nitrogen and oxygen atoms in total. The van der Waals surface area contributed by atoms with Crippen molar-refractivity contribution < 1.29 is 24.2 Å². The molecule has 2 aromatic rings. The van der Waals surface area contributed by atoms with Gasteiger partial charge in [0.2, 0.25) is 0 Å². The molecule has 1 atom stereocenters. The first kappa shape index (κ1) is 20.3. The third-order valence-electron chi connectivity index (χ3n) is 4.03. The van der Waals surface area contributed by atoms with Crippen LogP contribution in [0.1, 0.15) is 49.2 Å². The summed E-state index contributed by atoms with van der Waals surface area (Å²) >= 11 is 0. The molecule has 1 amide bonds. The fraction of sp³-hybridized carbons (Fsp3) is 0.421. The molecule has 0 spiro atoms. The quantitative estimate of drug-likeness (QED) is 0.771. The fourth-order valence-electron chi connectivity index (χ4n) is 2.54. The molecule has 0 aliphatic carbocycles. The maximum absolute atomic E-state index is 12.6. The van der Waals surface area contributed by atoms with Crippen LogP contribution < -0.4 is 14.8 Å². The number of ether oxygens (including phenoxy) is 2. The number of carbonyl (C=O) groups excluding carboxylic acids is 1. The summed E-state index contributed by atoms with van der Waals surface area (Å²) in [5.74, 6) is -0.444. The van der Waals surface area contributed by atoms with Crippen LogP contribution in [0.4, 0.5) is 0 Å². The summed E-state index contributed by atoms with van der Waals surface area (Å²) in [6.45, 7) is 5.91. The van der Waals surface area contributed by atoms with Crippen molar-refractivity contribution in [3.05, 3.63) is 41.7 Å². The average molecular weight is 375 g/mol. The van der Waals surface area contributed by atoms with E-state index in [0.717, 1.165) is 0 Å². The highest BCUT2D eigenvalue weighted by Crippen LogP contribution is 2.31. The Labute approximate surface area is 158 Å². The Kier molecular flexibility index (Phi) is 6.09. The Morgan fingerprint density at radius 3 is 2.41 bits per heavy atom. The van der Waals surface area contributed by atoms with E-state index in [2.05, 4.69) is 10.4 Å². The highest BCUT2D eigenvalue weighted by Gasteiger charge is 2.22. The molecule has 146 valence electrons. The van der Waals surface area contributed by atoms with Crippen LogP contribution in [0.25, 0.3) is 0 Å². The number of rotatable bonds is 7. The van der Waals surface area contributed by atoms with Gasteiger partial charge in [-0.2, -0.15) is 5.10 Å². The number of hydrogen-bond acceptors (Lipinski definition) is 5. The third-order valence-corrected chi connectivity index (χ3v) is 4.03. The van der Waals surface area contributed by atoms with Crippen molar-refractivity contribution in [1.82, 2.24) is 15.1 Å². The van der Waals surface area contributed by atoms with Gasteiger partial charge < -0.3 is 19.9 Å². The van der Waals surface area contributed by atoms with Gasteiger partial charge in [-0.3, -0.25) is 14.3 Å².